The van der Waals surface area contributed by atoms with Crippen molar-refractivity contribution < 1.29 is 24.4 Å². The van der Waals surface area contributed by atoms with Crippen molar-refractivity contribution in [3.63, 3.8) is 0 Å². The van der Waals surface area contributed by atoms with E-state index in [0.29, 0.717) is 17.0 Å². The van der Waals surface area contributed by atoms with E-state index >= 15 is 0 Å². The molecule has 0 radical (unpaired) electrons. The molecule has 1 atom stereocenters. The van der Waals surface area contributed by atoms with Gasteiger partial charge in [-0.1, -0.05) is 5.23 Å². The third-order valence-electron chi connectivity index (χ3n) is 3.53. The van der Waals surface area contributed by atoms with Gasteiger partial charge in [0.15, 0.2) is 5.72 Å². The Hall–Kier alpha value is -1.52. The van der Waals surface area contributed by atoms with E-state index in [2.05, 4.69) is 0 Å². The lowest BCUT2D eigenvalue weighted by molar-refractivity contribution is -0.452. The van der Waals surface area contributed by atoms with Crippen LogP contribution in [0.1, 0.15) is 34.1 Å². The molecule has 114 valence electrons. The number of amides is 2. The lowest BCUT2D eigenvalue weighted by Gasteiger charge is -2.42. The average Bonchev–Trinajstić information content (AvgIpc) is 2.91. The molecule has 0 aromatic carbocycles. The lowest BCUT2D eigenvalue weighted by atomic mass is 10.1. The molecule has 1 aromatic rings. The van der Waals surface area contributed by atoms with Gasteiger partial charge in [-0.15, -0.1) is 11.3 Å². The second-order valence-corrected chi connectivity index (χ2v) is 5.88. The predicted octanol–water partition coefficient (Wildman–Crippen LogP) is 0.204. The maximum absolute atomic E-state index is 12.5. The second kappa shape index (κ2) is 5.04. The third kappa shape index (κ3) is 2.14. The quantitative estimate of drug-likeness (QED) is 0.768. The first-order chi connectivity index (χ1) is 9.98. The number of rotatable bonds is 3. The Bertz CT molecular complexity index is 602. The van der Waals surface area contributed by atoms with Crippen LogP contribution >= 0.6 is 11.3 Å². The molecule has 0 saturated carbocycles. The van der Waals surface area contributed by atoms with Crippen LogP contribution in [0.25, 0.3) is 0 Å². The number of hydroxylamine groups is 2. The van der Waals surface area contributed by atoms with E-state index in [0.717, 1.165) is 10.1 Å². The van der Waals surface area contributed by atoms with Crippen molar-refractivity contribution in [2.75, 3.05) is 25.5 Å². The highest BCUT2D eigenvalue weighted by atomic mass is 32.1. The summed E-state index contributed by atoms with van der Waals surface area (Å²) in [5.74, 6) is -0.876. The molecule has 3 heterocycles. The molecular formula is C12H15N3O5S. The molecule has 0 aliphatic carbocycles. The van der Waals surface area contributed by atoms with Crippen LogP contribution in [-0.4, -0.2) is 52.5 Å². The van der Waals surface area contributed by atoms with E-state index < -0.39 is 17.5 Å². The van der Waals surface area contributed by atoms with Crippen molar-refractivity contribution >= 4 is 28.2 Å². The summed E-state index contributed by atoms with van der Waals surface area (Å²) in [5.41, 5.74) is 5.16. The van der Waals surface area contributed by atoms with Gasteiger partial charge in [0.2, 0.25) is 0 Å². The topological polar surface area (TPSA) is 105 Å². The number of carbonyl (C=O) groups is 2. The third-order valence-corrected chi connectivity index (χ3v) is 4.34. The fourth-order valence-corrected chi connectivity index (χ4v) is 3.26. The number of hydrogen-bond donors (Lipinski definition) is 2. The van der Waals surface area contributed by atoms with Crippen LogP contribution in [0, 0.1) is 0 Å². The number of nitrogens with zero attached hydrogens (tertiary/aromatic N) is 2. The van der Waals surface area contributed by atoms with Gasteiger partial charge in [0.1, 0.15) is 0 Å². The number of aliphatic hydroxyl groups is 1. The molecule has 3 rings (SSSR count). The number of hydrogen-bond acceptors (Lipinski definition) is 8. The Labute approximate surface area is 124 Å². The smallest absolute Gasteiger partial charge is 0.266 e. The molecular weight excluding hydrogens is 298 g/mol. The highest BCUT2D eigenvalue weighted by Crippen LogP contribution is 2.39. The number of nitrogen functional groups attached to an aromatic ring is 1. The zero-order valence-corrected chi connectivity index (χ0v) is 12.2. The molecule has 3 N–H and O–H groups in total. The number of fused-ring (bicyclic) bond motifs is 1. The maximum Gasteiger partial charge on any atom is 0.266 e. The van der Waals surface area contributed by atoms with Crippen molar-refractivity contribution in [1.29, 1.82) is 0 Å². The van der Waals surface area contributed by atoms with E-state index in [1.165, 1.54) is 11.3 Å². The molecule has 1 saturated heterocycles. The summed E-state index contributed by atoms with van der Waals surface area (Å²) < 4.78 is 0. The van der Waals surface area contributed by atoms with Crippen molar-refractivity contribution in [2.24, 2.45) is 0 Å². The van der Waals surface area contributed by atoms with Crippen LogP contribution in [0.15, 0.2) is 5.38 Å². The van der Waals surface area contributed by atoms with Crippen molar-refractivity contribution in [1.82, 2.24) is 10.1 Å². The molecule has 2 amide bonds. The zero-order chi connectivity index (χ0) is 15.2. The highest BCUT2D eigenvalue weighted by molar-refractivity contribution is 7.14. The summed E-state index contributed by atoms with van der Waals surface area (Å²) >= 11 is 1.17. The number of aliphatic hydroxyl groups excluding tert-OH is 1. The fraction of sp³-hybridized carbons (Fsp3) is 0.500. The molecule has 8 nitrogen and oxygen atoms in total. The van der Waals surface area contributed by atoms with Gasteiger partial charge in [-0.3, -0.25) is 14.4 Å². The average molecular weight is 313 g/mol. The minimum atomic E-state index is -1.16. The first-order valence-electron chi connectivity index (χ1n) is 6.44. The normalized spacial score (nSPS) is 26.5. The Kier molecular flexibility index (Phi) is 3.46. The van der Waals surface area contributed by atoms with Crippen LogP contribution in [0.3, 0.4) is 0 Å². The molecule has 2 aliphatic rings. The summed E-state index contributed by atoms with van der Waals surface area (Å²) in [4.78, 5) is 36.8. The van der Waals surface area contributed by atoms with Crippen LogP contribution < -0.4 is 5.73 Å². The summed E-state index contributed by atoms with van der Waals surface area (Å²) in [5, 5.41) is 11.9. The molecule has 2 aliphatic heterocycles. The summed E-state index contributed by atoms with van der Waals surface area (Å²) in [6, 6.07) is 0. The largest absolute Gasteiger partial charge is 0.395 e. The Balaban J connectivity index is 1.90. The minimum Gasteiger partial charge on any atom is -0.395 e. The molecule has 0 bridgehead atoms. The maximum atomic E-state index is 12.5. The number of imide groups is 1. The zero-order valence-electron chi connectivity index (χ0n) is 11.4. The van der Waals surface area contributed by atoms with E-state index in [-0.39, 0.29) is 25.3 Å². The van der Waals surface area contributed by atoms with Gasteiger partial charge in [-0.05, 0) is 6.92 Å². The van der Waals surface area contributed by atoms with Crippen molar-refractivity contribution in [2.45, 2.75) is 19.1 Å². The second-order valence-electron chi connectivity index (χ2n) is 4.96. The van der Waals surface area contributed by atoms with Crippen LogP contribution in [0.5, 0.6) is 0 Å². The number of anilines is 1. The van der Waals surface area contributed by atoms with Crippen LogP contribution in [-0.2, 0) is 9.68 Å². The van der Waals surface area contributed by atoms with Gasteiger partial charge in [0.25, 0.3) is 11.8 Å². The lowest BCUT2D eigenvalue weighted by Crippen LogP contribution is -2.58. The van der Waals surface area contributed by atoms with Gasteiger partial charge in [-0.2, -0.15) is 0 Å². The van der Waals surface area contributed by atoms with E-state index in [9.17, 15) is 9.59 Å². The number of carbonyl (C=O) groups excluding carboxylic acids is 2. The number of nitrogens with two attached hydrogens (primary N) is 1. The molecule has 9 heteroatoms. The van der Waals surface area contributed by atoms with E-state index in [1.54, 1.807) is 12.3 Å². The predicted molar refractivity (Wildman–Crippen MR) is 73.1 cm³/mol. The molecule has 21 heavy (non-hydrogen) atoms. The summed E-state index contributed by atoms with van der Waals surface area (Å²) in [6.07, 6.45) is 0.333. The van der Waals surface area contributed by atoms with Crippen LogP contribution in [0.2, 0.25) is 0 Å². The Morgan fingerprint density at radius 2 is 2.24 bits per heavy atom. The van der Waals surface area contributed by atoms with Crippen LogP contribution in [0.4, 0.5) is 5.00 Å². The summed E-state index contributed by atoms with van der Waals surface area (Å²) in [7, 11) is 0. The Morgan fingerprint density at radius 1 is 1.48 bits per heavy atom. The standard InChI is InChI=1S/C12H15N3O5S/c1-12(2-5-19-14(20-12)3-4-16)15-10(17)7-6-21-9(13)8(7)11(15)18/h6,16H,2-5,13H2,1H3/t12-/m1/s1. The fourth-order valence-electron chi connectivity index (χ4n) is 2.48. The van der Waals surface area contributed by atoms with Gasteiger partial charge >= 0.3 is 0 Å². The SMILES string of the molecule is C[C@]1(N2C(=O)c3csc(N)c3C2=O)CCON(CCO)O1. The van der Waals surface area contributed by atoms with Crippen molar-refractivity contribution in [3.8, 4) is 0 Å². The first kappa shape index (κ1) is 14.4. The van der Waals surface area contributed by atoms with Gasteiger partial charge < -0.3 is 10.8 Å². The molecule has 1 aromatic heterocycles. The van der Waals surface area contributed by atoms with Gasteiger partial charge in [-0.25, -0.2) is 9.74 Å². The highest BCUT2D eigenvalue weighted by Gasteiger charge is 2.51. The monoisotopic (exact) mass is 313 g/mol. The minimum absolute atomic E-state index is 0.120. The van der Waals surface area contributed by atoms with E-state index in [4.69, 9.17) is 20.5 Å². The van der Waals surface area contributed by atoms with Gasteiger partial charge in [0.05, 0.1) is 35.9 Å². The summed E-state index contributed by atoms with van der Waals surface area (Å²) in [6.45, 7) is 1.87. The molecule has 1 fully saturated rings. The molecule has 0 unspecified atom stereocenters. The molecule has 0 spiro atoms. The van der Waals surface area contributed by atoms with Crippen molar-refractivity contribution in [3.05, 3.63) is 16.5 Å². The van der Waals surface area contributed by atoms with E-state index in [1.807, 2.05) is 0 Å². The number of thiophene rings is 1. The Morgan fingerprint density at radius 3 is 2.90 bits per heavy atom. The number of β-amino-alcohol motifs (C(OH)–C–C–N with tert-alkyl or cyclic N) is 1. The first-order valence-corrected chi connectivity index (χ1v) is 7.32. The van der Waals surface area contributed by atoms with Gasteiger partial charge in [0, 0.05) is 11.8 Å².